The minimum absolute atomic E-state index is 0.564. The van der Waals surface area contributed by atoms with Crippen LogP contribution in [0.15, 0.2) is 84.9 Å². The molecule has 0 aromatic heterocycles. The van der Waals surface area contributed by atoms with Gasteiger partial charge in [-0.2, -0.15) is 0 Å². The van der Waals surface area contributed by atoms with Gasteiger partial charge in [-0.15, -0.1) is 0 Å². The van der Waals surface area contributed by atoms with E-state index in [0.717, 1.165) is 25.9 Å². The van der Waals surface area contributed by atoms with Gasteiger partial charge < -0.3 is 4.90 Å². The molecule has 0 spiro atoms. The molecule has 1 atom stereocenters. The quantitative estimate of drug-likeness (QED) is 0.393. The predicted molar refractivity (Wildman–Crippen MR) is 144 cm³/mol. The molecule has 1 saturated heterocycles. The molecule has 5 rings (SSSR count). The summed E-state index contributed by atoms with van der Waals surface area (Å²) in [6.07, 6.45) is 4.94. The van der Waals surface area contributed by atoms with Crippen LogP contribution in [0.5, 0.6) is 0 Å². The van der Waals surface area contributed by atoms with Gasteiger partial charge in [0.05, 0.1) is 0 Å². The number of likely N-dealkylation sites (tertiary alicyclic amines) is 1. The molecule has 3 aromatic rings. The predicted octanol–water partition coefficient (Wildman–Crippen LogP) is 7.38. The van der Waals surface area contributed by atoms with Crippen LogP contribution < -0.4 is 4.90 Å². The number of fused-ring (bicyclic) bond motifs is 1. The molecule has 2 nitrogen and oxygen atoms in total. The highest BCUT2D eigenvalue weighted by Gasteiger charge is 2.32. The fraction of sp³-hybridized carbons (Fsp3) is 0.419. The van der Waals surface area contributed by atoms with Crippen molar-refractivity contribution in [1.82, 2.24) is 4.90 Å². The fourth-order valence-corrected chi connectivity index (χ4v) is 5.20. The number of nitrogens with zero attached hydrogens (tertiary/aromatic N) is 2. The highest BCUT2D eigenvalue weighted by Crippen LogP contribution is 2.31. The van der Waals surface area contributed by atoms with E-state index in [2.05, 4.69) is 94.7 Å². The Morgan fingerprint density at radius 3 is 1.88 bits per heavy atom. The first kappa shape index (κ1) is 25.1. The standard InChI is InChI=1S/C27H30N2.2C2H6/c1-3-10-22(11-4-1)20-28-17-9-16-26(28)21-29(25-14-5-2-6-15-25)27-18-23-12-7-8-13-24(23)19-27;2*1-2/h1-8,10-15,26-27H,9,16-21H2;2*1-2H3. The number of rotatable bonds is 6. The normalized spacial score (nSPS) is 17.4. The molecule has 0 bridgehead atoms. The summed E-state index contributed by atoms with van der Waals surface area (Å²) in [6, 6.07) is 32.2. The Bertz CT molecular complexity index is 897. The lowest BCUT2D eigenvalue weighted by Gasteiger charge is -2.36. The third-order valence-corrected chi connectivity index (χ3v) is 6.69. The fourth-order valence-electron chi connectivity index (χ4n) is 5.20. The first-order valence-corrected chi connectivity index (χ1v) is 13.0. The van der Waals surface area contributed by atoms with Crippen LogP contribution in [0.4, 0.5) is 5.69 Å². The van der Waals surface area contributed by atoms with E-state index in [1.165, 1.54) is 41.8 Å². The summed E-state index contributed by atoms with van der Waals surface area (Å²) in [7, 11) is 0. The Balaban J connectivity index is 0.000000728. The number of hydrogen-bond donors (Lipinski definition) is 0. The Morgan fingerprint density at radius 2 is 1.27 bits per heavy atom. The van der Waals surface area contributed by atoms with Gasteiger partial charge in [-0.05, 0) is 61.1 Å². The van der Waals surface area contributed by atoms with Crippen molar-refractivity contribution in [2.45, 2.75) is 72.0 Å². The third-order valence-electron chi connectivity index (χ3n) is 6.69. The minimum atomic E-state index is 0.564. The van der Waals surface area contributed by atoms with Gasteiger partial charge in [-0.3, -0.25) is 4.90 Å². The molecule has 1 heterocycles. The van der Waals surface area contributed by atoms with Crippen LogP contribution in [-0.4, -0.2) is 30.1 Å². The van der Waals surface area contributed by atoms with E-state index in [4.69, 9.17) is 0 Å². The molecule has 1 aliphatic heterocycles. The van der Waals surface area contributed by atoms with Crippen LogP contribution in [0, 0.1) is 0 Å². The van der Waals surface area contributed by atoms with Crippen molar-refractivity contribution in [2.75, 3.05) is 18.0 Å². The lowest BCUT2D eigenvalue weighted by atomic mass is 10.1. The van der Waals surface area contributed by atoms with E-state index in [9.17, 15) is 0 Å². The number of para-hydroxylation sites is 1. The monoisotopic (exact) mass is 442 g/mol. The second-order valence-electron chi connectivity index (χ2n) is 8.57. The van der Waals surface area contributed by atoms with Crippen molar-refractivity contribution in [3.8, 4) is 0 Å². The summed E-state index contributed by atoms with van der Waals surface area (Å²) in [6.45, 7) is 11.4. The zero-order valence-corrected chi connectivity index (χ0v) is 21.1. The minimum Gasteiger partial charge on any atom is -0.366 e. The zero-order valence-electron chi connectivity index (χ0n) is 21.1. The van der Waals surface area contributed by atoms with Crippen molar-refractivity contribution >= 4 is 5.69 Å². The lowest BCUT2D eigenvalue weighted by molar-refractivity contribution is 0.244. The summed E-state index contributed by atoms with van der Waals surface area (Å²) in [5.41, 5.74) is 5.87. The van der Waals surface area contributed by atoms with E-state index < -0.39 is 0 Å². The van der Waals surface area contributed by atoms with Gasteiger partial charge in [-0.25, -0.2) is 0 Å². The third kappa shape index (κ3) is 6.48. The van der Waals surface area contributed by atoms with Crippen molar-refractivity contribution < 1.29 is 0 Å². The second kappa shape index (κ2) is 13.2. The molecule has 2 aliphatic rings. The summed E-state index contributed by atoms with van der Waals surface area (Å²) in [5, 5.41) is 0. The van der Waals surface area contributed by atoms with Crippen LogP contribution in [0.3, 0.4) is 0 Å². The van der Waals surface area contributed by atoms with E-state index >= 15 is 0 Å². The maximum atomic E-state index is 2.70. The highest BCUT2D eigenvalue weighted by molar-refractivity contribution is 5.50. The molecule has 1 fully saturated rings. The van der Waals surface area contributed by atoms with Crippen LogP contribution >= 0.6 is 0 Å². The van der Waals surface area contributed by atoms with Crippen LogP contribution in [0.1, 0.15) is 57.2 Å². The average molecular weight is 443 g/mol. The molecule has 0 saturated carbocycles. The Labute approximate surface area is 202 Å². The van der Waals surface area contributed by atoms with Gasteiger partial charge in [-0.1, -0.05) is 100 Å². The zero-order chi connectivity index (χ0) is 23.5. The van der Waals surface area contributed by atoms with Crippen LogP contribution in [0.25, 0.3) is 0 Å². The molecule has 1 aliphatic carbocycles. The van der Waals surface area contributed by atoms with Crippen molar-refractivity contribution in [3.63, 3.8) is 0 Å². The van der Waals surface area contributed by atoms with Crippen molar-refractivity contribution in [2.24, 2.45) is 0 Å². The smallest absolute Gasteiger partial charge is 0.0371 e. The lowest BCUT2D eigenvalue weighted by Crippen LogP contribution is -2.45. The molecular weight excluding hydrogens is 400 g/mol. The van der Waals surface area contributed by atoms with Gasteiger partial charge in [0.25, 0.3) is 0 Å². The first-order valence-electron chi connectivity index (χ1n) is 13.0. The van der Waals surface area contributed by atoms with Gasteiger partial charge in [0.15, 0.2) is 0 Å². The summed E-state index contributed by atoms with van der Waals surface area (Å²) in [5.74, 6) is 0. The molecule has 1 unspecified atom stereocenters. The SMILES string of the molecule is CC.CC.c1ccc(CN2CCCC2CN(c2ccccc2)C2Cc3ccccc3C2)cc1. The molecular formula is C31H42N2. The highest BCUT2D eigenvalue weighted by atomic mass is 15.2. The Kier molecular flexibility index (Phi) is 10.0. The summed E-state index contributed by atoms with van der Waals surface area (Å²) >= 11 is 0. The van der Waals surface area contributed by atoms with Gasteiger partial charge in [0, 0.05) is 30.9 Å². The summed E-state index contributed by atoms with van der Waals surface area (Å²) < 4.78 is 0. The van der Waals surface area contributed by atoms with Crippen LogP contribution in [-0.2, 0) is 19.4 Å². The van der Waals surface area contributed by atoms with Crippen molar-refractivity contribution in [3.05, 3.63) is 102 Å². The number of benzene rings is 3. The van der Waals surface area contributed by atoms with E-state index in [1.807, 2.05) is 27.7 Å². The Hall–Kier alpha value is -2.58. The van der Waals surface area contributed by atoms with Gasteiger partial charge in [0.1, 0.15) is 0 Å². The largest absolute Gasteiger partial charge is 0.366 e. The maximum absolute atomic E-state index is 2.70. The molecule has 0 radical (unpaired) electrons. The number of anilines is 1. The molecule has 3 aromatic carbocycles. The maximum Gasteiger partial charge on any atom is 0.0371 e. The van der Waals surface area contributed by atoms with Crippen LogP contribution in [0.2, 0.25) is 0 Å². The second-order valence-corrected chi connectivity index (χ2v) is 8.57. The van der Waals surface area contributed by atoms with Crippen molar-refractivity contribution in [1.29, 1.82) is 0 Å². The average Bonchev–Trinajstić information content (AvgIpc) is 3.52. The molecule has 0 amide bonds. The Morgan fingerprint density at radius 1 is 0.727 bits per heavy atom. The molecule has 176 valence electrons. The number of hydrogen-bond acceptors (Lipinski definition) is 2. The van der Waals surface area contributed by atoms with Gasteiger partial charge >= 0.3 is 0 Å². The first-order chi connectivity index (χ1) is 16.4. The summed E-state index contributed by atoms with van der Waals surface area (Å²) in [4.78, 5) is 5.40. The molecule has 0 N–H and O–H groups in total. The van der Waals surface area contributed by atoms with Gasteiger partial charge in [0.2, 0.25) is 0 Å². The molecule has 33 heavy (non-hydrogen) atoms. The molecule has 2 heteroatoms. The van der Waals surface area contributed by atoms with E-state index in [-0.39, 0.29) is 0 Å². The topological polar surface area (TPSA) is 6.48 Å². The van der Waals surface area contributed by atoms with E-state index in [0.29, 0.717) is 12.1 Å². The van der Waals surface area contributed by atoms with E-state index in [1.54, 1.807) is 0 Å².